The molecule has 1 aliphatic carbocycles. The predicted octanol–water partition coefficient (Wildman–Crippen LogP) is 4.01. The number of methoxy groups -OCH3 is 1. The molecule has 1 aliphatic heterocycles. The molecule has 1 fully saturated rings. The number of rotatable bonds is 8. The largest absolute Gasteiger partial charge is 0.496 e. The van der Waals surface area contributed by atoms with Gasteiger partial charge in [-0.05, 0) is 45.7 Å². The molecule has 2 aliphatic rings. The molecule has 4 heterocycles. The van der Waals surface area contributed by atoms with E-state index in [0.29, 0.717) is 18.2 Å². The lowest BCUT2D eigenvalue weighted by Crippen LogP contribution is -2.35. The van der Waals surface area contributed by atoms with Crippen LogP contribution >= 0.6 is 11.8 Å². The first-order valence-electron chi connectivity index (χ1n) is 11.8. The number of carbonyl (C=O) groups is 1. The second-order valence-electron chi connectivity index (χ2n) is 8.99. The molecule has 1 saturated carbocycles. The van der Waals surface area contributed by atoms with Crippen LogP contribution in [-0.4, -0.2) is 61.4 Å². The van der Waals surface area contributed by atoms with E-state index in [0.717, 1.165) is 57.4 Å². The summed E-state index contributed by atoms with van der Waals surface area (Å²) >= 11 is 1.59. The summed E-state index contributed by atoms with van der Waals surface area (Å²) in [6, 6.07) is 0.648. The smallest absolute Gasteiger partial charge is 0.411 e. The van der Waals surface area contributed by atoms with Gasteiger partial charge in [0, 0.05) is 29.1 Å². The van der Waals surface area contributed by atoms with Gasteiger partial charge in [0.05, 0.1) is 30.4 Å². The summed E-state index contributed by atoms with van der Waals surface area (Å²) in [5.41, 5.74) is 5.37. The molecule has 3 N–H and O–H groups in total. The zero-order chi connectivity index (χ0) is 24.5. The fraction of sp³-hybridized carbons (Fsp3) is 0.458. The molecule has 35 heavy (non-hydrogen) atoms. The Morgan fingerprint density at radius 3 is 2.86 bits per heavy atom. The van der Waals surface area contributed by atoms with Crippen LogP contribution in [0.4, 0.5) is 10.7 Å². The van der Waals surface area contributed by atoms with Crippen LogP contribution in [0.1, 0.15) is 48.2 Å². The standard InChI is InChI=1S/C24H29N7O3S/c1-13-10-26-18(14(2)20(13)34-3)11-31-21-19-17(30-31)9-15(7-8-25-16-5-4-6-16)12-35-22(19)28-23(27-21)29-24(32)33/h9-10,16,25H,4-8,11-12H2,1-3H3,(H,32,33)(H,27,28,29). The van der Waals surface area contributed by atoms with Crippen molar-refractivity contribution in [2.75, 3.05) is 24.7 Å². The highest BCUT2D eigenvalue weighted by molar-refractivity contribution is 7.99. The van der Waals surface area contributed by atoms with E-state index in [9.17, 15) is 9.90 Å². The van der Waals surface area contributed by atoms with Crippen molar-refractivity contribution in [2.24, 2.45) is 0 Å². The Balaban J connectivity index is 1.52. The van der Waals surface area contributed by atoms with Crippen molar-refractivity contribution >= 4 is 40.9 Å². The maximum Gasteiger partial charge on any atom is 0.411 e. The highest BCUT2D eigenvalue weighted by Gasteiger charge is 2.23. The molecule has 10 nitrogen and oxygen atoms in total. The van der Waals surface area contributed by atoms with Crippen LogP contribution < -0.4 is 15.4 Å². The summed E-state index contributed by atoms with van der Waals surface area (Å²) in [4.78, 5) is 24.9. The van der Waals surface area contributed by atoms with Crippen LogP contribution in [-0.2, 0) is 6.54 Å². The Bertz CT molecular complexity index is 1320. The van der Waals surface area contributed by atoms with E-state index in [-0.39, 0.29) is 5.95 Å². The number of thioether (sulfide) groups is 1. The van der Waals surface area contributed by atoms with E-state index in [4.69, 9.17) is 9.84 Å². The Labute approximate surface area is 207 Å². The first-order valence-corrected chi connectivity index (χ1v) is 12.7. The monoisotopic (exact) mass is 495 g/mol. The average molecular weight is 496 g/mol. The van der Waals surface area contributed by atoms with Crippen molar-refractivity contribution in [3.8, 4) is 5.75 Å². The molecule has 3 aromatic heterocycles. The third-order valence-corrected chi connectivity index (χ3v) is 7.66. The van der Waals surface area contributed by atoms with Crippen molar-refractivity contribution in [3.05, 3.63) is 34.3 Å². The van der Waals surface area contributed by atoms with E-state index < -0.39 is 6.09 Å². The highest BCUT2D eigenvalue weighted by Crippen LogP contribution is 2.36. The maximum absolute atomic E-state index is 11.3. The van der Waals surface area contributed by atoms with Gasteiger partial charge in [-0.3, -0.25) is 10.3 Å². The predicted molar refractivity (Wildman–Crippen MR) is 135 cm³/mol. The molecule has 5 rings (SSSR count). The molecule has 1 amide bonds. The lowest BCUT2D eigenvalue weighted by atomic mass is 9.93. The fourth-order valence-corrected chi connectivity index (χ4v) is 5.54. The van der Waals surface area contributed by atoms with Gasteiger partial charge in [-0.1, -0.05) is 12.0 Å². The fourth-order valence-electron chi connectivity index (χ4n) is 4.50. The molecule has 0 saturated heterocycles. The normalized spacial score (nSPS) is 15.5. The van der Waals surface area contributed by atoms with Crippen molar-refractivity contribution in [2.45, 2.75) is 57.1 Å². The van der Waals surface area contributed by atoms with Crippen molar-refractivity contribution < 1.29 is 14.6 Å². The number of aromatic nitrogens is 5. The average Bonchev–Trinajstić information content (AvgIpc) is 3.01. The highest BCUT2D eigenvalue weighted by atomic mass is 32.2. The van der Waals surface area contributed by atoms with Gasteiger partial charge in [0.25, 0.3) is 0 Å². The molecule has 0 unspecified atom stereocenters. The first-order chi connectivity index (χ1) is 16.9. The number of pyridine rings is 1. The third kappa shape index (κ3) is 4.83. The molecule has 3 aromatic rings. The Morgan fingerprint density at radius 1 is 1.31 bits per heavy atom. The Kier molecular flexibility index (Phi) is 6.61. The molecular weight excluding hydrogens is 466 g/mol. The summed E-state index contributed by atoms with van der Waals surface area (Å²) in [5.74, 6) is 1.62. The number of nitrogens with zero attached hydrogens (tertiary/aromatic N) is 5. The van der Waals surface area contributed by atoms with E-state index >= 15 is 0 Å². The van der Waals surface area contributed by atoms with Crippen LogP contribution in [0.15, 0.2) is 16.8 Å². The second kappa shape index (κ2) is 9.82. The number of aryl methyl sites for hydroxylation is 1. The van der Waals surface area contributed by atoms with E-state index in [1.807, 2.05) is 13.8 Å². The van der Waals surface area contributed by atoms with E-state index in [1.165, 1.54) is 24.8 Å². The van der Waals surface area contributed by atoms with Gasteiger partial charge in [-0.25, -0.2) is 14.5 Å². The molecule has 0 spiro atoms. The second-order valence-corrected chi connectivity index (χ2v) is 9.96. The molecule has 0 aromatic carbocycles. The number of carboxylic acid groups (broad SMARTS) is 1. The number of amides is 1. The topological polar surface area (TPSA) is 127 Å². The number of nitrogens with one attached hydrogen (secondary N) is 2. The summed E-state index contributed by atoms with van der Waals surface area (Å²) in [5, 5.41) is 21.6. The quantitative estimate of drug-likeness (QED) is 0.397. The van der Waals surface area contributed by atoms with Crippen molar-refractivity contribution in [3.63, 3.8) is 0 Å². The zero-order valence-corrected chi connectivity index (χ0v) is 20.9. The van der Waals surface area contributed by atoms with E-state index in [2.05, 4.69) is 31.7 Å². The summed E-state index contributed by atoms with van der Waals surface area (Å²) in [7, 11) is 1.65. The summed E-state index contributed by atoms with van der Waals surface area (Å²) in [6.45, 7) is 5.24. The number of hydrogen-bond acceptors (Lipinski definition) is 8. The van der Waals surface area contributed by atoms with Crippen molar-refractivity contribution in [1.29, 1.82) is 0 Å². The lowest BCUT2D eigenvalue weighted by Gasteiger charge is -2.26. The Morgan fingerprint density at radius 2 is 2.14 bits per heavy atom. The number of ether oxygens (including phenoxy) is 1. The summed E-state index contributed by atoms with van der Waals surface area (Å²) < 4.78 is 7.35. The van der Waals surface area contributed by atoms with Crippen molar-refractivity contribution in [1.82, 2.24) is 30.0 Å². The van der Waals surface area contributed by atoms with Crippen LogP contribution in [0.3, 0.4) is 0 Å². The minimum atomic E-state index is -1.21. The van der Waals surface area contributed by atoms with Gasteiger partial charge in [-0.2, -0.15) is 10.1 Å². The Hall–Kier alpha value is -3.18. The van der Waals surface area contributed by atoms with E-state index in [1.54, 1.807) is 29.8 Å². The lowest BCUT2D eigenvalue weighted by molar-refractivity contribution is 0.209. The first kappa shape index (κ1) is 23.6. The molecule has 0 bridgehead atoms. The van der Waals surface area contributed by atoms with Gasteiger partial charge >= 0.3 is 6.09 Å². The molecule has 0 atom stereocenters. The molecule has 11 heteroatoms. The number of hydrogen-bond donors (Lipinski definition) is 3. The van der Waals surface area contributed by atoms with Crippen LogP contribution in [0.2, 0.25) is 0 Å². The minimum Gasteiger partial charge on any atom is -0.496 e. The van der Waals surface area contributed by atoms with Gasteiger partial charge in [0.1, 0.15) is 10.8 Å². The SMILES string of the molecule is COc1c(C)cnc(Cn2nc3c4c(nc(NC(=O)O)nc42)SCC(CCNC2CCC2)=C3)c1C. The summed E-state index contributed by atoms with van der Waals surface area (Å²) in [6.07, 6.45) is 7.48. The van der Waals surface area contributed by atoms with Crippen LogP contribution in [0.5, 0.6) is 5.75 Å². The van der Waals surface area contributed by atoms with Gasteiger partial charge in [0.15, 0.2) is 5.65 Å². The van der Waals surface area contributed by atoms with Gasteiger partial charge < -0.3 is 15.2 Å². The van der Waals surface area contributed by atoms with Gasteiger partial charge in [-0.15, -0.1) is 11.8 Å². The maximum atomic E-state index is 11.3. The third-order valence-electron chi connectivity index (χ3n) is 6.57. The minimum absolute atomic E-state index is 0.0430. The zero-order valence-electron chi connectivity index (χ0n) is 20.1. The molecular formula is C24H29N7O3S. The van der Waals surface area contributed by atoms with Crippen LogP contribution in [0, 0.1) is 13.8 Å². The molecule has 0 radical (unpaired) electrons. The van der Waals surface area contributed by atoms with Gasteiger partial charge in [0.2, 0.25) is 5.95 Å². The van der Waals surface area contributed by atoms with Crippen LogP contribution in [0.25, 0.3) is 17.1 Å². The number of anilines is 1. The molecule has 184 valence electrons.